The number of ketones is 1. The number of piperazine rings is 1. The van der Waals surface area contributed by atoms with Crippen molar-refractivity contribution in [1.29, 1.82) is 0 Å². The third-order valence-electron chi connectivity index (χ3n) is 13.0. The fourth-order valence-electron chi connectivity index (χ4n) is 9.45. The third kappa shape index (κ3) is 12.1. The van der Waals surface area contributed by atoms with Gasteiger partial charge in [0.15, 0.2) is 11.0 Å². The highest BCUT2D eigenvalue weighted by molar-refractivity contribution is 8.14. The molecule has 8 rings (SSSR count). The molecular formula is C48H62N12O7S. The number of para-hydroxylation sites is 1. The Bertz CT molecular complexity index is 2540. The van der Waals surface area contributed by atoms with Crippen LogP contribution in [0.1, 0.15) is 84.7 Å². The molecule has 3 unspecified atom stereocenters. The molecule has 362 valence electrons. The number of carbonyl (C=O) groups is 4. The van der Waals surface area contributed by atoms with Crippen molar-refractivity contribution < 1.29 is 28.7 Å². The van der Waals surface area contributed by atoms with E-state index in [0.29, 0.717) is 90.2 Å². The van der Waals surface area contributed by atoms with E-state index in [9.17, 15) is 24.0 Å². The molecule has 2 saturated heterocycles. The van der Waals surface area contributed by atoms with E-state index in [0.717, 1.165) is 64.0 Å². The first kappa shape index (κ1) is 48.6. The lowest BCUT2D eigenvalue weighted by Gasteiger charge is -2.35. The summed E-state index contributed by atoms with van der Waals surface area (Å²) in [7, 11) is 0. The van der Waals surface area contributed by atoms with Crippen LogP contribution in [0.15, 0.2) is 58.6 Å². The van der Waals surface area contributed by atoms with Crippen LogP contribution in [0.25, 0.3) is 11.0 Å². The van der Waals surface area contributed by atoms with Gasteiger partial charge in [0.2, 0.25) is 17.8 Å². The second-order valence-corrected chi connectivity index (χ2v) is 19.1. The molecule has 20 heteroatoms. The number of fused-ring (bicyclic) bond motifs is 1. The first-order chi connectivity index (χ1) is 33.0. The zero-order valence-electron chi connectivity index (χ0n) is 39.1. The van der Waals surface area contributed by atoms with E-state index in [1.807, 2.05) is 12.1 Å². The SMILES string of the molecule is CC(=O)c1c(C)c2cnc(Nc3ccc(N4CCN(CC(=O)NCCOCCOCCC(=O)Nc5ccccc5C(=O)NC5=NC(C6CCNC6)C(C)S5)CC4)cn3)nc2n(C2CCCC2)c1=O. The number of aromatic nitrogens is 4. The molecule has 3 aliphatic heterocycles. The number of hydrogen-bond donors (Lipinski definition) is 5. The number of amidine groups is 1. The summed E-state index contributed by atoms with van der Waals surface area (Å²) in [5, 5.41) is 16.9. The van der Waals surface area contributed by atoms with E-state index >= 15 is 0 Å². The Morgan fingerprint density at radius 1 is 0.897 bits per heavy atom. The van der Waals surface area contributed by atoms with Crippen LogP contribution in [0, 0.1) is 12.8 Å². The van der Waals surface area contributed by atoms with Gasteiger partial charge in [0.1, 0.15) is 11.5 Å². The molecule has 3 atom stereocenters. The standard InChI is InChI=1S/C48H62N12O7S/c1-30-37-28-52-47(56-44(37)60(34-8-4-5-9-34)46(65)42(30)31(2)61)54-39-13-12-35(27-51-39)59-20-18-58(19-21-59)29-41(63)50-17-23-67-25-24-66-22-15-40(62)53-38-11-7-6-10-36(38)45(64)57-48-55-43(32(3)68-48)33-14-16-49-26-33/h6-7,10-13,27-28,32-34,43,49H,4-5,8-9,14-26,29H2,1-3H3,(H,50,63)(H,53,62)(H,55,57,64)(H,51,52,54,56). The van der Waals surface area contributed by atoms with Gasteiger partial charge in [-0.3, -0.25) is 38.4 Å². The Hall–Kier alpha value is -5.80. The molecule has 0 bridgehead atoms. The number of rotatable bonds is 19. The van der Waals surface area contributed by atoms with E-state index in [-0.39, 0.29) is 71.5 Å². The number of nitrogens with one attached hydrogen (secondary N) is 5. The van der Waals surface area contributed by atoms with Gasteiger partial charge in [-0.15, -0.1) is 0 Å². The first-order valence-corrected chi connectivity index (χ1v) is 24.6. The van der Waals surface area contributed by atoms with Crippen LogP contribution in [0.3, 0.4) is 0 Å². The minimum Gasteiger partial charge on any atom is -0.379 e. The molecule has 1 aliphatic carbocycles. The molecule has 4 aliphatic rings. The number of thioether (sulfide) groups is 1. The van der Waals surface area contributed by atoms with Crippen LogP contribution in [-0.4, -0.2) is 143 Å². The average Bonchev–Trinajstić information content (AvgIpc) is 4.13. The molecular weight excluding hydrogens is 889 g/mol. The minimum atomic E-state index is -0.313. The number of amides is 3. The van der Waals surface area contributed by atoms with Gasteiger partial charge in [-0.05, 0) is 75.4 Å². The second-order valence-electron chi connectivity index (χ2n) is 17.8. The summed E-state index contributed by atoms with van der Waals surface area (Å²) in [4.78, 5) is 87.7. The smallest absolute Gasteiger partial charge is 0.263 e. The Labute approximate surface area is 400 Å². The molecule has 19 nitrogen and oxygen atoms in total. The van der Waals surface area contributed by atoms with Gasteiger partial charge < -0.3 is 41.0 Å². The topological polar surface area (TPSA) is 226 Å². The van der Waals surface area contributed by atoms with Crippen LogP contribution < -0.4 is 37.0 Å². The number of hydrogen-bond acceptors (Lipinski definition) is 16. The summed E-state index contributed by atoms with van der Waals surface area (Å²) in [5.74, 6) is 0.440. The Balaban J connectivity index is 0.687. The molecule has 68 heavy (non-hydrogen) atoms. The Morgan fingerprint density at radius 3 is 2.41 bits per heavy atom. The highest BCUT2D eigenvalue weighted by atomic mass is 32.2. The number of aliphatic imine (C=N–C) groups is 1. The van der Waals surface area contributed by atoms with Crippen LogP contribution in [0.5, 0.6) is 0 Å². The number of carbonyl (C=O) groups excluding carboxylic acids is 4. The molecule has 3 amide bonds. The normalized spacial score (nSPS) is 19.8. The van der Waals surface area contributed by atoms with Crippen molar-refractivity contribution >= 4 is 74.6 Å². The maximum atomic E-state index is 13.6. The summed E-state index contributed by atoms with van der Waals surface area (Å²) in [6.45, 7) is 12.0. The van der Waals surface area contributed by atoms with E-state index in [1.54, 1.807) is 59.9 Å². The largest absolute Gasteiger partial charge is 0.379 e. The van der Waals surface area contributed by atoms with Gasteiger partial charge in [0.05, 0.1) is 74.1 Å². The quantitative estimate of drug-likeness (QED) is 0.0660. The van der Waals surface area contributed by atoms with Crippen LogP contribution in [0.4, 0.5) is 23.1 Å². The second kappa shape index (κ2) is 23.0. The molecule has 1 aromatic carbocycles. The monoisotopic (exact) mass is 950 g/mol. The molecule has 3 fully saturated rings. The van der Waals surface area contributed by atoms with E-state index in [2.05, 4.69) is 53.3 Å². The lowest BCUT2D eigenvalue weighted by Crippen LogP contribution is -2.49. The minimum absolute atomic E-state index is 0.00653. The van der Waals surface area contributed by atoms with Gasteiger partial charge in [-0.2, -0.15) is 4.98 Å². The first-order valence-electron chi connectivity index (χ1n) is 23.7. The zero-order valence-corrected chi connectivity index (χ0v) is 39.9. The Morgan fingerprint density at radius 2 is 1.68 bits per heavy atom. The summed E-state index contributed by atoms with van der Waals surface area (Å²) in [6, 6.07) is 10.9. The van der Waals surface area contributed by atoms with Crippen molar-refractivity contribution in [2.75, 3.05) is 94.3 Å². The summed E-state index contributed by atoms with van der Waals surface area (Å²) < 4.78 is 12.9. The molecule has 0 radical (unpaired) electrons. The van der Waals surface area contributed by atoms with Gasteiger partial charge >= 0.3 is 0 Å². The van der Waals surface area contributed by atoms with E-state index in [1.165, 1.54) is 6.92 Å². The zero-order chi connectivity index (χ0) is 47.6. The van der Waals surface area contributed by atoms with Gasteiger partial charge in [0.25, 0.3) is 11.5 Å². The molecule has 1 saturated carbocycles. The molecule has 3 aromatic heterocycles. The fraction of sp³-hybridized carbons (Fsp3) is 0.521. The van der Waals surface area contributed by atoms with Crippen LogP contribution in [0.2, 0.25) is 0 Å². The number of ether oxygens (including phenoxy) is 2. The average molecular weight is 951 g/mol. The van der Waals surface area contributed by atoms with Crippen molar-refractivity contribution in [3.63, 3.8) is 0 Å². The summed E-state index contributed by atoms with van der Waals surface area (Å²) >= 11 is 1.58. The number of benzene rings is 1. The van der Waals surface area contributed by atoms with Gasteiger partial charge in [-0.1, -0.05) is 43.7 Å². The fourth-order valence-corrected chi connectivity index (χ4v) is 10.6. The lowest BCUT2D eigenvalue weighted by molar-refractivity contribution is -0.122. The highest BCUT2D eigenvalue weighted by Gasteiger charge is 2.35. The van der Waals surface area contributed by atoms with Crippen molar-refractivity contribution in [3.8, 4) is 0 Å². The molecule has 6 heterocycles. The van der Waals surface area contributed by atoms with Crippen molar-refractivity contribution in [3.05, 3.63) is 75.8 Å². The van der Waals surface area contributed by atoms with Crippen LogP contribution in [-0.2, 0) is 19.1 Å². The predicted octanol–water partition coefficient (Wildman–Crippen LogP) is 4.06. The van der Waals surface area contributed by atoms with E-state index in [4.69, 9.17) is 19.5 Å². The maximum Gasteiger partial charge on any atom is 0.263 e. The van der Waals surface area contributed by atoms with Crippen LogP contribution >= 0.6 is 11.8 Å². The number of aryl methyl sites for hydroxylation is 1. The van der Waals surface area contributed by atoms with E-state index < -0.39 is 0 Å². The maximum absolute atomic E-state index is 13.6. The highest BCUT2D eigenvalue weighted by Crippen LogP contribution is 2.34. The molecule has 5 N–H and O–H groups in total. The Kier molecular flexibility index (Phi) is 16.5. The summed E-state index contributed by atoms with van der Waals surface area (Å²) in [5.41, 5.74) is 2.79. The van der Waals surface area contributed by atoms with Gasteiger partial charge in [-0.25, -0.2) is 9.97 Å². The van der Waals surface area contributed by atoms with Crippen molar-refractivity contribution in [2.45, 2.75) is 76.6 Å². The van der Waals surface area contributed by atoms with Crippen molar-refractivity contribution in [1.82, 2.24) is 40.4 Å². The molecule has 0 spiro atoms. The number of Topliss-reactive ketones (excluding diaryl/α,β-unsaturated/α-hetero) is 1. The lowest BCUT2D eigenvalue weighted by atomic mass is 9.97. The predicted molar refractivity (Wildman–Crippen MR) is 263 cm³/mol. The third-order valence-corrected chi connectivity index (χ3v) is 14.1. The van der Waals surface area contributed by atoms with Crippen molar-refractivity contribution in [2.24, 2.45) is 10.9 Å². The number of nitrogens with zero attached hydrogens (tertiary/aromatic N) is 7. The number of pyridine rings is 2. The van der Waals surface area contributed by atoms with Gasteiger partial charge in [0, 0.05) is 62.1 Å². The summed E-state index contributed by atoms with van der Waals surface area (Å²) in [6.07, 6.45) is 8.46. The molecule has 4 aromatic rings. The number of anilines is 4.